The predicted octanol–water partition coefficient (Wildman–Crippen LogP) is 5.41. The molecule has 11 heteroatoms. The van der Waals surface area contributed by atoms with Gasteiger partial charge in [0.2, 0.25) is 0 Å². The monoisotopic (exact) mass is 704 g/mol. The minimum Gasteiger partial charge on any atom is -0.374 e. The standard InChI is InChI=1S/C40H48O11/c1-39(2)48-32-30(47-38-36(34(32)49-39)50-40(3,4)51-38)24-45-37-35-33(43-21-27-17-11-12-18-28(27)22-44-35)31(42-20-26-15-9-6-10-16-26)29(46-37)23-41-19-25-13-7-5-8-14-25/h5-18,29-38H,19-24H2,1-4H3/t29-,30-,31-,32+,33+,34+,35-,36-,37-,38-/m1/s1. The summed E-state index contributed by atoms with van der Waals surface area (Å²) in [6.07, 6.45) is -5.52. The van der Waals surface area contributed by atoms with Crippen molar-refractivity contribution in [3.8, 4) is 0 Å². The first kappa shape index (κ1) is 35.3. The van der Waals surface area contributed by atoms with Gasteiger partial charge in [0, 0.05) is 0 Å². The fourth-order valence-corrected chi connectivity index (χ4v) is 7.58. The molecule has 0 radical (unpaired) electrons. The van der Waals surface area contributed by atoms with Crippen molar-refractivity contribution in [3.63, 3.8) is 0 Å². The number of rotatable bonds is 10. The molecule has 0 aromatic heterocycles. The van der Waals surface area contributed by atoms with Gasteiger partial charge < -0.3 is 52.1 Å². The maximum absolute atomic E-state index is 6.78. The van der Waals surface area contributed by atoms with Crippen LogP contribution >= 0.6 is 0 Å². The molecule has 11 nitrogen and oxygen atoms in total. The molecular formula is C40H48O11. The number of benzene rings is 3. The van der Waals surface area contributed by atoms with Crippen LogP contribution in [-0.2, 0) is 78.5 Å². The van der Waals surface area contributed by atoms with Crippen LogP contribution in [-0.4, -0.2) is 86.2 Å². The highest BCUT2D eigenvalue weighted by Gasteiger charge is 2.61. The maximum atomic E-state index is 6.78. The van der Waals surface area contributed by atoms with Crippen LogP contribution in [0, 0.1) is 0 Å². The number of hydrogen-bond donors (Lipinski definition) is 0. The lowest BCUT2D eigenvalue weighted by Gasteiger charge is -2.47. The predicted molar refractivity (Wildman–Crippen MR) is 182 cm³/mol. The van der Waals surface area contributed by atoms with E-state index in [9.17, 15) is 0 Å². The number of fused-ring (bicyclic) bond motifs is 5. The molecule has 3 aromatic rings. The van der Waals surface area contributed by atoms with Crippen molar-refractivity contribution >= 4 is 0 Å². The van der Waals surface area contributed by atoms with E-state index >= 15 is 0 Å². The first-order chi connectivity index (χ1) is 24.7. The van der Waals surface area contributed by atoms with Crippen LogP contribution in [0.15, 0.2) is 84.9 Å². The van der Waals surface area contributed by atoms with Crippen LogP contribution in [0.4, 0.5) is 0 Å². The molecule has 51 heavy (non-hydrogen) atoms. The highest BCUT2D eigenvalue weighted by molar-refractivity contribution is 5.26. The topological polar surface area (TPSA) is 102 Å². The van der Waals surface area contributed by atoms with Crippen LogP contribution in [0.25, 0.3) is 0 Å². The third-order valence-corrected chi connectivity index (χ3v) is 9.93. The van der Waals surface area contributed by atoms with Crippen LogP contribution in [0.5, 0.6) is 0 Å². The molecule has 5 aliphatic heterocycles. The Morgan fingerprint density at radius 3 is 1.84 bits per heavy atom. The van der Waals surface area contributed by atoms with Crippen molar-refractivity contribution in [2.75, 3.05) is 13.2 Å². The van der Waals surface area contributed by atoms with Gasteiger partial charge >= 0.3 is 0 Å². The second kappa shape index (κ2) is 14.9. The van der Waals surface area contributed by atoms with Crippen molar-refractivity contribution in [1.82, 2.24) is 0 Å². The lowest BCUT2D eigenvalue weighted by molar-refractivity contribution is -0.338. The van der Waals surface area contributed by atoms with Crippen LogP contribution in [0.2, 0.25) is 0 Å². The third-order valence-electron chi connectivity index (χ3n) is 9.93. The summed E-state index contributed by atoms with van der Waals surface area (Å²) in [7, 11) is 0. The van der Waals surface area contributed by atoms with Crippen molar-refractivity contribution < 1.29 is 52.1 Å². The number of ether oxygens (including phenoxy) is 11. The first-order valence-electron chi connectivity index (χ1n) is 17.9. The zero-order valence-electron chi connectivity index (χ0n) is 29.6. The Hall–Kier alpha value is -2.78. The Bertz CT molecular complexity index is 1590. The maximum Gasteiger partial charge on any atom is 0.190 e. The van der Waals surface area contributed by atoms with E-state index in [1.807, 2.05) is 100 Å². The fourth-order valence-electron chi connectivity index (χ4n) is 7.58. The van der Waals surface area contributed by atoms with Gasteiger partial charge in [-0.05, 0) is 49.9 Å². The molecule has 0 aliphatic carbocycles. The Morgan fingerprint density at radius 2 is 1.14 bits per heavy atom. The Labute approximate surface area is 299 Å². The summed E-state index contributed by atoms with van der Waals surface area (Å²) in [5, 5.41) is 0. The van der Waals surface area contributed by atoms with Gasteiger partial charge in [-0.15, -0.1) is 0 Å². The minimum atomic E-state index is -0.838. The summed E-state index contributed by atoms with van der Waals surface area (Å²) in [6.45, 7) is 9.43. The van der Waals surface area contributed by atoms with E-state index < -0.39 is 73.0 Å². The van der Waals surface area contributed by atoms with Gasteiger partial charge in [0.25, 0.3) is 0 Å². The van der Waals surface area contributed by atoms with Crippen LogP contribution in [0.1, 0.15) is 49.9 Å². The zero-order valence-corrected chi connectivity index (χ0v) is 29.6. The van der Waals surface area contributed by atoms with Gasteiger partial charge in [-0.25, -0.2) is 0 Å². The largest absolute Gasteiger partial charge is 0.374 e. The van der Waals surface area contributed by atoms with Crippen LogP contribution < -0.4 is 0 Å². The molecule has 274 valence electrons. The van der Waals surface area contributed by atoms with Gasteiger partial charge in [-0.1, -0.05) is 84.9 Å². The van der Waals surface area contributed by atoms with Crippen LogP contribution in [0.3, 0.4) is 0 Å². The van der Waals surface area contributed by atoms with E-state index in [0.717, 1.165) is 22.3 Å². The summed E-state index contributed by atoms with van der Waals surface area (Å²) in [5.74, 6) is -1.66. The molecule has 0 amide bonds. The van der Waals surface area contributed by atoms with Gasteiger partial charge in [0.05, 0.1) is 39.6 Å². The zero-order chi connectivity index (χ0) is 35.0. The SMILES string of the molecule is CC1(C)O[C@H]2[C@@H](O1)[C@@H](CO[C@@H]1O[C@H](COCc3ccccc3)[C@@H](OCc3ccccc3)[C@@H]3OCc4ccccc4CO[C@@H]13)O[C@@H]1OC(C)(C)O[C@@H]12. The van der Waals surface area contributed by atoms with E-state index in [1.165, 1.54) is 0 Å². The molecule has 0 spiro atoms. The molecule has 0 N–H and O–H groups in total. The van der Waals surface area contributed by atoms with Crippen molar-refractivity contribution in [2.45, 2.75) is 127 Å². The van der Waals surface area contributed by atoms with Crippen molar-refractivity contribution in [1.29, 1.82) is 0 Å². The highest BCUT2D eigenvalue weighted by Crippen LogP contribution is 2.44. The van der Waals surface area contributed by atoms with E-state index in [0.29, 0.717) is 26.4 Å². The second-order valence-electron chi connectivity index (χ2n) is 14.7. The lowest BCUT2D eigenvalue weighted by atomic mass is 9.96. The molecule has 4 saturated heterocycles. The summed E-state index contributed by atoms with van der Waals surface area (Å²) in [4.78, 5) is 0. The average molecular weight is 705 g/mol. The third kappa shape index (κ3) is 7.95. The normalized spacial score (nSPS) is 35.1. The van der Waals surface area contributed by atoms with Crippen molar-refractivity contribution in [3.05, 3.63) is 107 Å². The van der Waals surface area contributed by atoms with Gasteiger partial charge in [-0.3, -0.25) is 0 Å². The Kier molecular flexibility index (Phi) is 10.3. The molecule has 0 bridgehead atoms. The first-order valence-corrected chi connectivity index (χ1v) is 17.9. The van der Waals surface area contributed by atoms with Gasteiger partial charge in [0.1, 0.15) is 48.8 Å². The number of hydrogen-bond acceptors (Lipinski definition) is 11. The van der Waals surface area contributed by atoms with E-state index in [2.05, 4.69) is 12.1 Å². The van der Waals surface area contributed by atoms with Gasteiger partial charge in [-0.2, -0.15) is 0 Å². The summed E-state index contributed by atoms with van der Waals surface area (Å²) < 4.78 is 71.3. The van der Waals surface area contributed by atoms with Gasteiger partial charge in [0.15, 0.2) is 24.2 Å². The van der Waals surface area contributed by atoms with E-state index in [4.69, 9.17) is 52.1 Å². The molecule has 10 atom stereocenters. The molecule has 8 rings (SSSR count). The molecule has 5 heterocycles. The molecule has 5 aliphatic rings. The summed E-state index contributed by atoms with van der Waals surface area (Å²) >= 11 is 0. The Morgan fingerprint density at radius 1 is 0.549 bits per heavy atom. The summed E-state index contributed by atoms with van der Waals surface area (Å²) in [5.41, 5.74) is 4.22. The quantitative estimate of drug-likeness (QED) is 0.271. The van der Waals surface area contributed by atoms with E-state index in [1.54, 1.807) is 0 Å². The summed E-state index contributed by atoms with van der Waals surface area (Å²) in [6, 6.07) is 28.3. The molecule has 4 fully saturated rings. The lowest BCUT2D eigenvalue weighted by Crippen LogP contribution is -2.63. The molecular weight excluding hydrogens is 656 g/mol. The minimum absolute atomic E-state index is 0.120. The second-order valence-corrected chi connectivity index (χ2v) is 14.7. The van der Waals surface area contributed by atoms with E-state index in [-0.39, 0.29) is 13.2 Å². The fraction of sp³-hybridized carbons (Fsp3) is 0.550. The molecule has 0 saturated carbocycles. The Balaban J connectivity index is 1.05. The van der Waals surface area contributed by atoms with Crippen molar-refractivity contribution in [2.24, 2.45) is 0 Å². The highest BCUT2D eigenvalue weighted by atomic mass is 16.9. The smallest absolute Gasteiger partial charge is 0.190 e. The molecule has 3 aromatic carbocycles. The average Bonchev–Trinajstić information content (AvgIpc) is 3.62. The molecule has 0 unspecified atom stereocenters.